The van der Waals surface area contributed by atoms with Gasteiger partial charge in [0.05, 0.1) is 40.3 Å². The molecular weight excluding hydrogens is 444 g/mol. The van der Waals surface area contributed by atoms with Gasteiger partial charge in [-0.1, -0.05) is 18.2 Å². The highest BCUT2D eigenvalue weighted by molar-refractivity contribution is 5.95. The molecule has 2 aromatic heterocycles. The number of nitro groups is 1. The summed E-state index contributed by atoms with van der Waals surface area (Å²) in [5.74, 6) is 1.92. The molecule has 1 aromatic carbocycles. The lowest BCUT2D eigenvalue weighted by molar-refractivity contribution is -0.389. The van der Waals surface area contributed by atoms with Gasteiger partial charge >= 0.3 is 5.82 Å². The first kappa shape index (κ1) is 22.0. The highest BCUT2D eigenvalue weighted by atomic mass is 16.6. The molecule has 0 aliphatic heterocycles. The maximum atomic E-state index is 13.5. The Morgan fingerprint density at radius 1 is 1.11 bits per heavy atom. The van der Waals surface area contributed by atoms with Crippen LogP contribution in [0.15, 0.2) is 42.6 Å². The van der Waals surface area contributed by atoms with Crippen LogP contribution >= 0.6 is 0 Å². The third kappa shape index (κ3) is 3.92. The van der Waals surface area contributed by atoms with Gasteiger partial charge in [-0.05, 0) is 80.3 Å². The molecule has 7 rings (SSSR count). The average molecular weight is 475 g/mol. The number of aryl methyl sites for hydroxylation is 1. The molecule has 9 heteroatoms. The van der Waals surface area contributed by atoms with E-state index in [4.69, 9.17) is 5.10 Å². The minimum Gasteiger partial charge on any atom is -0.358 e. The summed E-state index contributed by atoms with van der Waals surface area (Å²) >= 11 is 0. The molecule has 4 bridgehead atoms. The number of para-hydroxylation sites is 1. The van der Waals surface area contributed by atoms with Crippen molar-refractivity contribution in [2.24, 2.45) is 17.8 Å². The first-order chi connectivity index (χ1) is 16.9. The van der Waals surface area contributed by atoms with Crippen molar-refractivity contribution in [3.63, 3.8) is 0 Å². The van der Waals surface area contributed by atoms with Crippen molar-refractivity contribution >= 4 is 11.7 Å². The van der Waals surface area contributed by atoms with Crippen LogP contribution in [0.2, 0.25) is 0 Å². The van der Waals surface area contributed by atoms with E-state index >= 15 is 0 Å². The van der Waals surface area contributed by atoms with Gasteiger partial charge in [-0.25, -0.2) is 4.68 Å². The van der Waals surface area contributed by atoms with Gasteiger partial charge in [-0.15, -0.1) is 0 Å². The predicted octanol–water partition coefficient (Wildman–Crippen LogP) is 4.18. The van der Waals surface area contributed by atoms with Crippen LogP contribution in [-0.4, -0.2) is 36.9 Å². The van der Waals surface area contributed by atoms with E-state index in [0.29, 0.717) is 24.3 Å². The van der Waals surface area contributed by atoms with Crippen LogP contribution in [0.5, 0.6) is 0 Å². The molecule has 0 unspecified atom stereocenters. The maximum absolute atomic E-state index is 13.5. The second-order valence-electron chi connectivity index (χ2n) is 10.7. The number of nitrogens with zero attached hydrogens (tertiary/aromatic N) is 5. The standard InChI is InChI=1S/C26H30N6O3/c1-17-9-23(32(34)35)28-30(17)8-7-27-25(33)22-16-31(21-5-3-2-4-6-21)29-24(22)26-13-18-10-19(14-26)12-20(11-18)15-26/h2-6,9,16,18-20H,7-8,10-15H2,1H3,(H,27,33). The Morgan fingerprint density at radius 3 is 2.37 bits per heavy atom. The number of rotatable bonds is 7. The number of hydrogen-bond acceptors (Lipinski definition) is 5. The molecule has 2 heterocycles. The molecule has 1 amide bonds. The zero-order valence-electron chi connectivity index (χ0n) is 19.9. The topological polar surface area (TPSA) is 108 Å². The van der Waals surface area contributed by atoms with Crippen molar-refractivity contribution < 1.29 is 9.72 Å². The second-order valence-corrected chi connectivity index (χ2v) is 10.7. The van der Waals surface area contributed by atoms with Crippen LogP contribution in [0.1, 0.15) is 60.3 Å². The number of carbonyl (C=O) groups is 1. The lowest BCUT2D eigenvalue weighted by Gasteiger charge is -2.56. The molecule has 0 atom stereocenters. The van der Waals surface area contributed by atoms with Crippen molar-refractivity contribution in [1.29, 1.82) is 0 Å². The Labute approximate surface area is 203 Å². The van der Waals surface area contributed by atoms with Gasteiger partial charge in [-0.2, -0.15) is 9.78 Å². The van der Waals surface area contributed by atoms with E-state index in [-0.39, 0.29) is 17.1 Å². The summed E-state index contributed by atoms with van der Waals surface area (Å²) in [5.41, 5.74) is 3.22. The molecule has 4 aliphatic carbocycles. The van der Waals surface area contributed by atoms with Crippen molar-refractivity contribution in [2.75, 3.05) is 6.54 Å². The Morgan fingerprint density at radius 2 is 1.77 bits per heavy atom. The fourth-order valence-corrected chi connectivity index (χ4v) is 7.22. The lowest BCUT2D eigenvalue weighted by atomic mass is 9.48. The summed E-state index contributed by atoms with van der Waals surface area (Å²) < 4.78 is 3.41. The van der Waals surface area contributed by atoms with E-state index < -0.39 is 4.92 Å². The van der Waals surface area contributed by atoms with Crippen LogP contribution in [0.4, 0.5) is 5.82 Å². The number of nitrogens with one attached hydrogen (secondary N) is 1. The van der Waals surface area contributed by atoms with Gasteiger partial charge in [0.1, 0.15) is 0 Å². The number of aromatic nitrogens is 4. The van der Waals surface area contributed by atoms with Gasteiger partial charge in [0.25, 0.3) is 5.91 Å². The van der Waals surface area contributed by atoms with Gasteiger partial charge in [-0.3, -0.25) is 4.79 Å². The number of amides is 1. The number of carbonyl (C=O) groups excluding carboxylic acids is 1. The monoisotopic (exact) mass is 474 g/mol. The fourth-order valence-electron chi connectivity index (χ4n) is 7.22. The van der Waals surface area contributed by atoms with Gasteiger partial charge in [0.2, 0.25) is 0 Å². The van der Waals surface area contributed by atoms with E-state index in [2.05, 4.69) is 10.4 Å². The Balaban J connectivity index is 1.27. The molecule has 182 valence electrons. The normalized spacial score (nSPS) is 26.7. The van der Waals surface area contributed by atoms with Crippen molar-refractivity contribution in [2.45, 2.75) is 57.4 Å². The van der Waals surface area contributed by atoms with E-state index in [9.17, 15) is 14.9 Å². The molecule has 9 nitrogen and oxygen atoms in total. The average Bonchev–Trinajstić information content (AvgIpc) is 3.44. The zero-order chi connectivity index (χ0) is 24.2. The Hall–Kier alpha value is -3.49. The third-order valence-electron chi connectivity index (χ3n) is 8.28. The lowest BCUT2D eigenvalue weighted by Crippen LogP contribution is -2.49. The molecule has 0 spiro atoms. The first-order valence-corrected chi connectivity index (χ1v) is 12.5. The van der Waals surface area contributed by atoms with Crippen LogP contribution in [0, 0.1) is 34.8 Å². The van der Waals surface area contributed by atoms with E-state index in [1.54, 1.807) is 11.6 Å². The SMILES string of the molecule is Cc1cc([N+](=O)[O-])nn1CCNC(=O)c1cn(-c2ccccc2)nc1C12CC3CC(CC(C3)C1)C2. The van der Waals surface area contributed by atoms with E-state index in [1.807, 2.05) is 41.2 Å². The largest absolute Gasteiger partial charge is 0.390 e. The summed E-state index contributed by atoms with van der Waals surface area (Å²) in [6.45, 7) is 2.47. The van der Waals surface area contributed by atoms with Crippen molar-refractivity contribution in [3.05, 3.63) is 69.7 Å². The highest BCUT2D eigenvalue weighted by Gasteiger charge is 2.53. The molecular formula is C26H30N6O3. The zero-order valence-corrected chi connectivity index (χ0v) is 19.9. The second kappa shape index (κ2) is 8.32. The van der Waals surface area contributed by atoms with Gasteiger partial charge in [0.15, 0.2) is 0 Å². The maximum Gasteiger partial charge on any atom is 0.390 e. The minimum absolute atomic E-state index is 0.0133. The van der Waals surface area contributed by atoms with Crippen LogP contribution in [0.25, 0.3) is 5.69 Å². The molecule has 1 N–H and O–H groups in total. The molecule has 4 aliphatic rings. The molecule has 35 heavy (non-hydrogen) atoms. The van der Waals surface area contributed by atoms with E-state index in [1.165, 1.54) is 25.3 Å². The number of benzene rings is 1. The predicted molar refractivity (Wildman–Crippen MR) is 129 cm³/mol. The summed E-state index contributed by atoms with van der Waals surface area (Å²) in [7, 11) is 0. The Bertz CT molecular complexity index is 1240. The highest BCUT2D eigenvalue weighted by Crippen LogP contribution is 2.60. The number of hydrogen-bond donors (Lipinski definition) is 1. The van der Waals surface area contributed by atoms with Gasteiger partial charge < -0.3 is 15.4 Å². The van der Waals surface area contributed by atoms with Crippen LogP contribution < -0.4 is 5.32 Å². The third-order valence-corrected chi connectivity index (χ3v) is 8.28. The molecule has 0 radical (unpaired) electrons. The first-order valence-electron chi connectivity index (χ1n) is 12.5. The Kier molecular flexibility index (Phi) is 5.23. The van der Waals surface area contributed by atoms with E-state index in [0.717, 1.165) is 48.4 Å². The van der Waals surface area contributed by atoms with Crippen LogP contribution in [0.3, 0.4) is 0 Å². The summed E-state index contributed by atoms with van der Waals surface area (Å²) in [4.78, 5) is 24.0. The van der Waals surface area contributed by atoms with Crippen molar-refractivity contribution in [3.8, 4) is 5.69 Å². The smallest absolute Gasteiger partial charge is 0.358 e. The molecule has 0 saturated heterocycles. The fraction of sp³-hybridized carbons (Fsp3) is 0.500. The quantitative estimate of drug-likeness (QED) is 0.408. The molecule has 4 saturated carbocycles. The van der Waals surface area contributed by atoms with Crippen LogP contribution in [-0.2, 0) is 12.0 Å². The summed E-state index contributed by atoms with van der Waals surface area (Å²) in [5, 5.41) is 23.1. The van der Waals surface area contributed by atoms with Gasteiger partial charge in [0, 0.05) is 18.2 Å². The minimum atomic E-state index is -0.502. The molecule has 4 fully saturated rings. The van der Waals surface area contributed by atoms with Crippen molar-refractivity contribution in [1.82, 2.24) is 24.9 Å². The summed E-state index contributed by atoms with van der Waals surface area (Å²) in [6, 6.07) is 11.4. The summed E-state index contributed by atoms with van der Waals surface area (Å²) in [6.07, 6.45) is 9.24. The molecule has 3 aromatic rings.